The first-order chi connectivity index (χ1) is 10.1. The summed E-state index contributed by atoms with van der Waals surface area (Å²) in [5, 5.41) is 1.05. The van der Waals surface area contributed by atoms with Gasteiger partial charge in [0.25, 0.3) is 0 Å². The highest BCUT2D eigenvalue weighted by Crippen LogP contribution is 2.35. The first-order valence-electron chi connectivity index (χ1n) is 6.87. The average molecular weight is 360 g/mol. The predicted molar refractivity (Wildman–Crippen MR) is 90.5 cm³/mol. The maximum Gasteiger partial charge on any atom is 0.205 e. The molecule has 0 N–H and O–H groups in total. The molecule has 0 saturated heterocycles. The maximum atomic E-state index is 12.7. The minimum atomic E-state index is -0.111. The lowest BCUT2D eigenvalue weighted by Gasteiger charge is -2.05. The summed E-state index contributed by atoms with van der Waals surface area (Å²) < 4.78 is 0. The number of halogens is 3. The van der Waals surface area contributed by atoms with Crippen LogP contribution in [0.3, 0.4) is 0 Å². The molecule has 0 fully saturated rings. The van der Waals surface area contributed by atoms with Gasteiger partial charge in [-0.15, -0.1) is 11.3 Å². The van der Waals surface area contributed by atoms with Crippen molar-refractivity contribution in [2.45, 2.75) is 32.1 Å². The van der Waals surface area contributed by atoms with Crippen molar-refractivity contribution >= 4 is 51.9 Å². The number of rotatable bonds is 2. The minimum absolute atomic E-state index is 0.111. The number of ketones is 1. The van der Waals surface area contributed by atoms with Crippen LogP contribution < -0.4 is 0 Å². The highest BCUT2D eigenvalue weighted by Gasteiger charge is 2.22. The molecule has 2 aromatic rings. The number of thiophene rings is 1. The largest absolute Gasteiger partial charge is 0.288 e. The first-order valence-corrected chi connectivity index (χ1v) is 8.82. The number of fused-ring (bicyclic) bond motifs is 1. The molecule has 0 bridgehead atoms. The molecule has 1 aromatic carbocycles. The van der Waals surface area contributed by atoms with E-state index in [1.807, 2.05) is 6.07 Å². The van der Waals surface area contributed by atoms with Crippen molar-refractivity contribution in [3.63, 3.8) is 0 Å². The van der Waals surface area contributed by atoms with Crippen molar-refractivity contribution in [1.29, 1.82) is 0 Å². The topological polar surface area (TPSA) is 17.1 Å². The number of carbonyl (C=O) groups is 1. The molecule has 1 aliphatic carbocycles. The van der Waals surface area contributed by atoms with Gasteiger partial charge < -0.3 is 0 Å². The van der Waals surface area contributed by atoms with Crippen LogP contribution in [0.2, 0.25) is 15.1 Å². The fourth-order valence-corrected chi connectivity index (χ4v) is 4.85. The van der Waals surface area contributed by atoms with Crippen LogP contribution in [-0.4, -0.2) is 5.78 Å². The van der Waals surface area contributed by atoms with Gasteiger partial charge in [0.2, 0.25) is 5.78 Å². The fraction of sp³-hybridized carbons (Fsp3) is 0.312. The number of hydrogen-bond donors (Lipinski definition) is 0. The van der Waals surface area contributed by atoms with Gasteiger partial charge in [-0.3, -0.25) is 4.79 Å². The molecule has 21 heavy (non-hydrogen) atoms. The van der Waals surface area contributed by atoms with E-state index in [9.17, 15) is 4.79 Å². The van der Waals surface area contributed by atoms with Crippen molar-refractivity contribution < 1.29 is 4.79 Å². The molecule has 5 heteroatoms. The molecule has 1 nitrogen and oxygen atoms in total. The summed E-state index contributed by atoms with van der Waals surface area (Å²) in [6.45, 7) is 0. The summed E-state index contributed by atoms with van der Waals surface area (Å²) in [6, 6.07) is 5.12. The van der Waals surface area contributed by atoms with Gasteiger partial charge in [-0.2, -0.15) is 0 Å². The third kappa shape index (κ3) is 3.14. The van der Waals surface area contributed by atoms with Crippen molar-refractivity contribution in [2.24, 2.45) is 0 Å². The summed E-state index contributed by atoms with van der Waals surface area (Å²) in [4.78, 5) is 14.7. The third-order valence-electron chi connectivity index (χ3n) is 3.70. The van der Waals surface area contributed by atoms with Gasteiger partial charge in [-0.25, -0.2) is 0 Å². The SMILES string of the molecule is O=C(c1cc2c(s1)CCCCC2)c1c(Cl)cc(Cl)cc1Cl. The Balaban J connectivity index is 2.00. The molecular weight excluding hydrogens is 347 g/mol. The van der Waals surface area contributed by atoms with Crippen LogP contribution >= 0.6 is 46.1 Å². The molecule has 1 aromatic heterocycles. The number of hydrogen-bond acceptors (Lipinski definition) is 2. The van der Waals surface area contributed by atoms with Gasteiger partial charge in [0.05, 0.1) is 20.5 Å². The summed E-state index contributed by atoms with van der Waals surface area (Å²) in [6.07, 6.45) is 5.78. The molecule has 1 aliphatic rings. The van der Waals surface area contributed by atoms with E-state index in [1.54, 1.807) is 23.5 Å². The number of aryl methyl sites for hydroxylation is 2. The van der Waals surface area contributed by atoms with Gasteiger partial charge in [0.15, 0.2) is 0 Å². The van der Waals surface area contributed by atoms with Crippen molar-refractivity contribution in [2.75, 3.05) is 0 Å². The van der Waals surface area contributed by atoms with E-state index < -0.39 is 0 Å². The van der Waals surface area contributed by atoms with E-state index in [0.717, 1.165) is 12.8 Å². The molecule has 1 heterocycles. The number of benzene rings is 1. The highest BCUT2D eigenvalue weighted by molar-refractivity contribution is 7.14. The molecule has 0 spiro atoms. The minimum Gasteiger partial charge on any atom is -0.288 e. The highest BCUT2D eigenvalue weighted by atomic mass is 35.5. The predicted octanol–water partition coefficient (Wildman–Crippen LogP) is 6.21. The lowest BCUT2D eigenvalue weighted by Crippen LogP contribution is -2.01. The van der Waals surface area contributed by atoms with E-state index >= 15 is 0 Å². The van der Waals surface area contributed by atoms with Crippen LogP contribution in [0.15, 0.2) is 18.2 Å². The quantitative estimate of drug-likeness (QED) is 0.460. The molecular formula is C16H13Cl3OS. The third-order valence-corrected chi connectivity index (χ3v) is 5.75. The van der Waals surface area contributed by atoms with Crippen LogP contribution in [0.5, 0.6) is 0 Å². The molecule has 0 radical (unpaired) electrons. The van der Waals surface area contributed by atoms with Crippen LogP contribution in [-0.2, 0) is 12.8 Å². The first kappa shape index (κ1) is 15.4. The monoisotopic (exact) mass is 358 g/mol. The Morgan fingerprint density at radius 2 is 1.62 bits per heavy atom. The second-order valence-electron chi connectivity index (χ2n) is 5.19. The Hall–Kier alpha value is -0.540. The molecule has 0 aliphatic heterocycles. The lowest BCUT2D eigenvalue weighted by molar-refractivity contribution is 0.104. The van der Waals surface area contributed by atoms with E-state index in [2.05, 4.69) is 0 Å². The van der Waals surface area contributed by atoms with Gasteiger partial charge in [-0.1, -0.05) is 41.2 Å². The smallest absolute Gasteiger partial charge is 0.205 e. The van der Waals surface area contributed by atoms with Crippen LogP contribution in [0, 0.1) is 0 Å². The lowest BCUT2D eigenvalue weighted by atomic mass is 10.1. The summed E-state index contributed by atoms with van der Waals surface area (Å²) in [7, 11) is 0. The van der Waals surface area contributed by atoms with Gasteiger partial charge in [-0.05, 0) is 49.4 Å². The Labute approximate surface area is 142 Å². The van der Waals surface area contributed by atoms with E-state index in [1.165, 1.54) is 29.7 Å². The number of carbonyl (C=O) groups excluding carboxylic acids is 1. The maximum absolute atomic E-state index is 12.7. The Morgan fingerprint density at radius 3 is 2.33 bits per heavy atom. The van der Waals surface area contributed by atoms with Gasteiger partial charge >= 0.3 is 0 Å². The van der Waals surface area contributed by atoms with Crippen LogP contribution in [0.1, 0.15) is 44.9 Å². The second kappa shape index (κ2) is 6.29. The van der Waals surface area contributed by atoms with Gasteiger partial charge in [0.1, 0.15) is 0 Å². The average Bonchev–Trinajstić information content (AvgIpc) is 2.69. The zero-order valence-corrected chi connectivity index (χ0v) is 14.3. The Bertz CT molecular complexity index is 659. The summed E-state index contributed by atoms with van der Waals surface area (Å²) in [5.41, 5.74) is 1.65. The Morgan fingerprint density at radius 1 is 0.952 bits per heavy atom. The summed E-state index contributed by atoms with van der Waals surface area (Å²) in [5.74, 6) is -0.111. The second-order valence-corrected chi connectivity index (χ2v) is 7.58. The molecule has 0 saturated carbocycles. The molecule has 110 valence electrons. The molecule has 0 unspecified atom stereocenters. The normalized spacial score (nSPS) is 14.6. The molecule has 0 atom stereocenters. The van der Waals surface area contributed by atoms with Crippen molar-refractivity contribution in [1.82, 2.24) is 0 Å². The summed E-state index contributed by atoms with van der Waals surface area (Å²) >= 11 is 19.8. The zero-order valence-electron chi connectivity index (χ0n) is 11.2. The van der Waals surface area contributed by atoms with Gasteiger partial charge in [0, 0.05) is 9.90 Å². The van der Waals surface area contributed by atoms with Crippen LogP contribution in [0.25, 0.3) is 0 Å². The van der Waals surface area contributed by atoms with E-state index in [4.69, 9.17) is 34.8 Å². The van der Waals surface area contributed by atoms with Crippen molar-refractivity contribution in [3.05, 3.63) is 54.1 Å². The molecule has 0 amide bonds. The van der Waals surface area contributed by atoms with Crippen LogP contribution in [0.4, 0.5) is 0 Å². The Kier molecular flexibility index (Phi) is 4.60. The van der Waals surface area contributed by atoms with E-state index in [-0.39, 0.29) is 5.78 Å². The standard InChI is InChI=1S/C16H13Cl3OS/c17-10-7-11(18)15(12(19)8-10)16(20)14-6-9-4-2-1-3-5-13(9)21-14/h6-8H,1-5H2. The zero-order chi connectivity index (χ0) is 15.0. The van der Waals surface area contributed by atoms with E-state index in [0.29, 0.717) is 25.5 Å². The van der Waals surface area contributed by atoms with Crippen molar-refractivity contribution in [3.8, 4) is 0 Å². The fourth-order valence-electron chi connectivity index (χ4n) is 2.66. The molecule has 3 rings (SSSR count).